The Morgan fingerprint density at radius 2 is 1.95 bits per heavy atom. The molecular formula is C14H19Cl2N3. The SMILES string of the molecule is CC(C)N(C[C@H]1C=C(N)NC1)c1cc(Cl)cc(Cl)c1. The van der Waals surface area contributed by atoms with E-state index >= 15 is 0 Å². The van der Waals surface area contributed by atoms with Crippen molar-refractivity contribution in [2.24, 2.45) is 11.7 Å². The Labute approximate surface area is 124 Å². The van der Waals surface area contributed by atoms with E-state index in [1.807, 2.05) is 12.1 Å². The lowest BCUT2D eigenvalue weighted by Crippen LogP contribution is -2.36. The fraction of sp³-hybridized carbons (Fsp3) is 0.429. The van der Waals surface area contributed by atoms with E-state index in [1.165, 1.54) is 0 Å². The third kappa shape index (κ3) is 3.71. The highest BCUT2D eigenvalue weighted by atomic mass is 35.5. The smallest absolute Gasteiger partial charge is 0.0923 e. The van der Waals surface area contributed by atoms with Crippen LogP contribution in [-0.2, 0) is 0 Å². The highest BCUT2D eigenvalue weighted by molar-refractivity contribution is 6.35. The molecule has 0 aliphatic carbocycles. The van der Waals surface area contributed by atoms with Gasteiger partial charge in [0, 0.05) is 40.8 Å². The molecule has 0 bridgehead atoms. The van der Waals surface area contributed by atoms with Crippen molar-refractivity contribution in [3.8, 4) is 0 Å². The summed E-state index contributed by atoms with van der Waals surface area (Å²) in [5.74, 6) is 1.16. The predicted octanol–water partition coefficient (Wildman–Crippen LogP) is 3.23. The fourth-order valence-corrected chi connectivity index (χ4v) is 2.82. The molecule has 1 aliphatic heterocycles. The molecule has 104 valence electrons. The Balaban J connectivity index is 2.20. The Hall–Kier alpha value is -1.06. The maximum atomic E-state index is 6.08. The summed E-state index contributed by atoms with van der Waals surface area (Å²) >= 11 is 12.2. The lowest BCUT2D eigenvalue weighted by Gasteiger charge is -2.31. The predicted molar refractivity (Wildman–Crippen MR) is 82.7 cm³/mol. The third-order valence-electron chi connectivity index (χ3n) is 3.22. The van der Waals surface area contributed by atoms with Gasteiger partial charge in [0.05, 0.1) is 5.82 Å². The molecule has 1 atom stereocenters. The van der Waals surface area contributed by atoms with Crippen molar-refractivity contribution in [1.82, 2.24) is 5.32 Å². The van der Waals surface area contributed by atoms with Crippen molar-refractivity contribution in [2.75, 3.05) is 18.0 Å². The van der Waals surface area contributed by atoms with Crippen molar-refractivity contribution < 1.29 is 0 Å². The molecule has 0 saturated heterocycles. The zero-order chi connectivity index (χ0) is 14.0. The summed E-state index contributed by atoms with van der Waals surface area (Å²) in [6.45, 7) is 6.08. The standard InChI is InChI=1S/C14H19Cl2N3/c1-9(2)19(8-10-3-14(17)18-7-10)13-5-11(15)4-12(16)6-13/h3-6,9-10,18H,7-8,17H2,1-2H3/t10-/m0/s1. The monoisotopic (exact) mass is 299 g/mol. The van der Waals surface area contributed by atoms with Gasteiger partial charge in [-0.3, -0.25) is 0 Å². The van der Waals surface area contributed by atoms with Crippen LogP contribution in [0.3, 0.4) is 0 Å². The first-order valence-corrected chi connectivity index (χ1v) is 7.15. The lowest BCUT2D eigenvalue weighted by molar-refractivity contribution is 0.579. The Morgan fingerprint density at radius 3 is 2.42 bits per heavy atom. The highest BCUT2D eigenvalue weighted by Crippen LogP contribution is 2.28. The molecule has 19 heavy (non-hydrogen) atoms. The third-order valence-corrected chi connectivity index (χ3v) is 3.65. The van der Waals surface area contributed by atoms with E-state index in [2.05, 4.69) is 30.1 Å². The molecule has 0 spiro atoms. The molecule has 2 rings (SSSR count). The van der Waals surface area contributed by atoms with Crippen LogP contribution in [0.1, 0.15) is 13.8 Å². The molecule has 1 aromatic rings. The number of benzene rings is 1. The number of anilines is 1. The van der Waals surface area contributed by atoms with Crippen LogP contribution in [0.2, 0.25) is 10.0 Å². The normalized spacial score (nSPS) is 18.4. The molecule has 0 saturated carbocycles. The van der Waals surface area contributed by atoms with Crippen LogP contribution < -0.4 is 16.0 Å². The van der Waals surface area contributed by atoms with Gasteiger partial charge in [0.25, 0.3) is 0 Å². The van der Waals surface area contributed by atoms with Crippen molar-refractivity contribution in [1.29, 1.82) is 0 Å². The summed E-state index contributed by atoms with van der Waals surface area (Å²) in [5.41, 5.74) is 6.80. The zero-order valence-corrected chi connectivity index (χ0v) is 12.7. The van der Waals surface area contributed by atoms with Gasteiger partial charge in [0.15, 0.2) is 0 Å². The molecule has 1 aromatic carbocycles. The minimum atomic E-state index is 0.366. The summed E-state index contributed by atoms with van der Waals surface area (Å²) in [7, 11) is 0. The minimum Gasteiger partial charge on any atom is -0.386 e. The van der Waals surface area contributed by atoms with E-state index in [9.17, 15) is 0 Å². The summed E-state index contributed by atoms with van der Waals surface area (Å²) < 4.78 is 0. The molecule has 0 radical (unpaired) electrons. The molecule has 0 aromatic heterocycles. The Bertz CT molecular complexity index is 465. The fourth-order valence-electron chi connectivity index (χ4n) is 2.31. The van der Waals surface area contributed by atoms with Crippen LogP contribution in [0, 0.1) is 5.92 Å². The second kappa shape index (κ2) is 5.93. The number of nitrogens with zero attached hydrogens (tertiary/aromatic N) is 1. The summed E-state index contributed by atoms with van der Waals surface area (Å²) in [4.78, 5) is 2.29. The highest BCUT2D eigenvalue weighted by Gasteiger charge is 2.20. The zero-order valence-electron chi connectivity index (χ0n) is 11.2. The molecular weight excluding hydrogens is 281 g/mol. The average molecular weight is 300 g/mol. The van der Waals surface area contributed by atoms with E-state index in [1.54, 1.807) is 6.07 Å². The van der Waals surface area contributed by atoms with Gasteiger partial charge in [0.2, 0.25) is 0 Å². The maximum Gasteiger partial charge on any atom is 0.0923 e. The first-order valence-electron chi connectivity index (χ1n) is 6.39. The maximum absolute atomic E-state index is 6.08. The van der Waals surface area contributed by atoms with Crippen molar-refractivity contribution >= 4 is 28.9 Å². The summed E-state index contributed by atoms with van der Waals surface area (Å²) in [6.07, 6.45) is 2.07. The number of nitrogens with two attached hydrogens (primary N) is 1. The first-order chi connectivity index (χ1) is 8.95. The number of rotatable bonds is 4. The molecule has 5 heteroatoms. The van der Waals surface area contributed by atoms with Gasteiger partial charge in [-0.1, -0.05) is 23.2 Å². The Kier molecular flexibility index (Phi) is 4.48. The lowest BCUT2D eigenvalue weighted by atomic mass is 10.1. The summed E-state index contributed by atoms with van der Waals surface area (Å²) in [5, 5.41) is 4.47. The topological polar surface area (TPSA) is 41.3 Å². The van der Waals surface area contributed by atoms with E-state index < -0.39 is 0 Å². The Morgan fingerprint density at radius 1 is 1.32 bits per heavy atom. The van der Waals surface area contributed by atoms with Crippen LogP contribution >= 0.6 is 23.2 Å². The van der Waals surface area contributed by atoms with Gasteiger partial charge in [0.1, 0.15) is 0 Å². The van der Waals surface area contributed by atoms with Crippen LogP contribution in [-0.4, -0.2) is 19.1 Å². The van der Waals surface area contributed by atoms with Crippen LogP contribution in [0.15, 0.2) is 30.1 Å². The number of hydrogen-bond donors (Lipinski definition) is 2. The molecule has 3 nitrogen and oxygen atoms in total. The van der Waals surface area contributed by atoms with E-state index in [0.717, 1.165) is 24.6 Å². The van der Waals surface area contributed by atoms with Crippen LogP contribution in [0.25, 0.3) is 0 Å². The second-order valence-corrected chi connectivity index (χ2v) is 6.01. The molecule has 0 amide bonds. The first kappa shape index (κ1) is 14.4. The average Bonchev–Trinajstić information content (AvgIpc) is 2.70. The van der Waals surface area contributed by atoms with Gasteiger partial charge in [-0.05, 0) is 38.1 Å². The van der Waals surface area contributed by atoms with Crippen LogP contribution in [0.5, 0.6) is 0 Å². The number of nitrogens with one attached hydrogen (secondary N) is 1. The number of halogens is 2. The van der Waals surface area contributed by atoms with E-state index in [4.69, 9.17) is 28.9 Å². The number of hydrogen-bond acceptors (Lipinski definition) is 3. The minimum absolute atomic E-state index is 0.366. The van der Waals surface area contributed by atoms with Gasteiger partial charge in [-0.25, -0.2) is 0 Å². The van der Waals surface area contributed by atoms with Gasteiger partial charge in [-0.15, -0.1) is 0 Å². The molecule has 0 unspecified atom stereocenters. The van der Waals surface area contributed by atoms with E-state index in [0.29, 0.717) is 22.0 Å². The molecule has 0 fully saturated rings. The van der Waals surface area contributed by atoms with Crippen molar-refractivity contribution in [3.63, 3.8) is 0 Å². The molecule has 3 N–H and O–H groups in total. The molecule has 1 heterocycles. The van der Waals surface area contributed by atoms with Crippen molar-refractivity contribution in [2.45, 2.75) is 19.9 Å². The van der Waals surface area contributed by atoms with Gasteiger partial charge in [-0.2, -0.15) is 0 Å². The van der Waals surface area contributed by atoms with Crippen LogP contribution in [0.4, 0.5) is 5.69 Å². The quantitative estimate of drug-likeness (QED) is 0.897. The largest absolute Gasteiger partial charge is 0.386 e. The van der Waals surface area contributed by atoms with Gasteiger partial charge < -0.3 is 16.0 Å². The molecule has 1 aliphatic rings. The summed E-state index contributed by atoms with van der Waals surface area (Å²) in [6, 6.07) is 6.01. The second-order valence-electron chi connectivity index (χ2n) is 5.14. The van der Waals surface area contributed by atoms with Gasteiger partial charge >= 0.3 is 0 Å². The van der Waals surface area contributed by atoms with E-state index in [-0.39, 0.29) is 0 Å². The van der Waals surface area contributed by atoms with Crippen molar-refractivity contribution in [3.05, 3.63) is 40.1 Å².